The number of anilines is 1. The SMILES string of the molecule is N=C(N)CCSCc1cccc(N)n1. The van der Waals surface area contributed by atoms with Crippen LogP contribution < -0.4 is 11.5 Å². The summed E-state index contributed by atoms with van der Waals surface area (Å²) in [5.74, 6) is 2.46. The fraction of sp³-hybridized carbons (Fsp3) is 0.333. The van der Waals surface area contributed by atoms with E-state index in [-0.39, 0.29) is 5.84 Å². The third kappa shape index (κ3) is 4.13. The average molecular weight is 210 g/mol. The molecule has 1 aromatic rings. The molecule has 4 nitrogen and oxygen atoms in total. The number of rotatable bonds is 5. The summed E-state index contributed by atoms with van der Waals surface area (Å²) in [5.41, 5.74) is 11.7. The van der Waals surface area contributed by atoms with Crippen LogP contribution in [0, 0.1) is 5.41 Å². The highest BCUT2D eigenvalue weighted by Crippen LogP contribution is 2.11. The first kappa shape index (κ1) is 10.8. The van der Waals surface area contributed by atoms with Gasteiger partial charge in [-0.3, -0.25) is 5.41 Å². The molecule has 0 unspecified atom stereocenters. The third-order valence-corrected chi connectivity index (χ3v) is 2.59. The molecule has 0 spiro atoms. The number of nitrogens with two attached hydrogens (primary N) is 2. The Balaban J connectivity index is 2.28. The van der Waals surface area contributed by atoms with Crippen LogP contribution in [0.1, 0.15) is 12.1 Å². The highest BCUT2D eigenvalue weighted by molar-refractivity contribution is 7.98. The first-order valence-corrected chi connectivity index (χ1v) is 5.46. The van der Waals surface area contributed by atoms with Crippen LogP contribution >= 0.6 is 11.8 Å². The summed E-state index contributed by atoms with van der Waals surface area (Å²) in [5, 5.41) is 7.04. The van der Waals surface area contributed by atoms with Crippen LogP contribution in [-0.2, 0) is 5.75 Å². The first-order valence-electron chi connectivity index (χ1n) is 4.30. The van der Waals surface area contributed by atoms with Crippen LogP contribution in [0.3, 0.4) is 0 Å². The second-order valence-corrected chi connectivity index (χ2v) is 3.99. The second-order valence-electron chi connectivity index (χ2n) is 2.88. The van der Waals surface area contributed by atoms with Crippen molar-refractivity contribution in [1.29, 1.82) is 5.41 Å². The largest absolute Gasteiger partial charge is 0.388 e. The molecule has 14 heavy (non-hydrogen) atoms. The molecule has 1 heterocycles. The average Bonchev–Trinajstić information content (AvgIpc) is 2.12. The van der Waals surface area contributed by atoms with Gasteiger partial charge in [0.15, 0.2) is 0 Å². The lowest BCUT2D eigenvalue weighted by Gasteiger charge is -2.01. The van der Waals surface area contributed by atoms with Gasteiger partial charge in [0.1, 0.15) is 5.82 Å². The van der Waals surface area contributed by atoms with Crippen molar-refractivity contribution in [2.24, 2.45) is 5.73 Å². The summed E-state index contributed by atoms with van der Waals surface area (Å²) in [6.45, 7) is 0. The maximum absolute atomic E-state index is 7.04. The highest BCUT2D eigenvalue weighted by Gasteiger charge is 1.96. The van der Waals surface area contributed by atoms with Crippen LogP contribution in [0.15, 0.2) is 18.2 Å². The zero-order valence-electron chi connectivity index (χ0n) is 7.86. The summed E-state index contributed by atoms with van der Waals surface area (Å²) in [7, 11) is 0. The molecule has 0 amide bonds. The van der Waals surface area contributed by atoms with Crippen molar-refractivity contribution in [3.05, 3.63) is 23.9 Å². The fourth-order valence-corrected chi connectivity index (χ4v) is 1.82. The van der Waals surface area contributed by atoms with E-state index in [0.29, 0.717) is 12.2 Å². The molecule has 5 heteroatoms. The van der Waals surface area contributed by atoms with E-state index in [9.17, 15) is 0 Å². The molecular weight excluding hydrogens is 196 g/mol. The van der Waals surface area contributed by atoms with Gasteiger partial charge >= 0.3 is 0 Å². The molecule has 0 aromatic carbocycles. The minimum atomic E-state index is 0.234. The number of nitrogens with one attached hydrogen (secondary N) is 1. The van der Waals surface area contributed by atoms with E-state index in [1.54, 1.807) is 17.8 Å². The molecule has 5 N–H and O–H groups in total. The molecule has 1 aromatic heterocycles. The summed E-state index contributed by atoms with van der Waals surface area (Å²) in [6, 6.07) is 5.60. The van der Waals surface area contributed by atoms with Crippen LogP contribution in [0.25, 0.3) is 0 Å². The Bertz CT molecular complexity index is 313. The first-order chi connectivity index (χ1) is 6.68. The third-order valence-electron chi connectivity index (χ3n) is 1.59. The number of aromatic nitrogens is 1. The van der Waals surface area contributed by atoms with Gasteiger partial charge in [0.2, 0.25) is 0 Å². The van der Waals surface area contributed by atoms with Gasteiger partial charge in [-0.05, 0) is 12.1 Å². The Morgan fingerprint density at radius 3 is 2.93 bits per heavy atom. The molecule has 76 valence electrons. The lowest BCUT2D eigenvalue weighted by Crippen LogP contribution is -2.09. The molecule has 0 saturated carbocycles. The Kier molecular flexibility index (Phi) is 4.25. The molecule has 0 aliphatic rings. The molecule has 0 aliphatic heterocycles. The summed E-state index contributed by atoms with van der Waals surface area (Å²) < 4.78 is 0. The number of nitrogens with zero attached hydrogens (tertiary/aromatic N) is 1. The maximum atomic E-state index is 7.04. The Morgan fingerprint density at radius 2 is 2.29 bits per heavy atom. The van der Waals surface area contributed by atoms with Crippen molar-refractivity contribution in [3.63, 3.8) is 0 Å². The number of hydrogen-bond acceptors (Lipinski definition) is 4. The van der Waals surface area contributed by atoms with Gasteiger partial charge < -0.3 is 11.5 Å². The van der Waals surface area contributed by atoms with Gasteiger partial charge in [0.05, 0.1) is 11.5 Å². The Labute approximate surface area is 87.6 Å². The smallest absolute Gasteiger partial charge is 0.123 e. The van der Waals surface area contributed by atoms with Gasteiger partial charge in [-0.25, -0.2) is 4.98 Å². The lowest BCUT2D eigenvalue weighted by molar-refractivity contribution is 1.17. The Morgan fingerprint density at radius 1 is 1.50 bits per heavy atom. The van der Waals surface area contributed by atoms with Crippen molar-refractivity contribution in [2.45, 2.75) is 12.2 Å². The highest BCUT2D eigenvalue weighted by atomic mass is 32.2. The summed E-state index contributed by atoms with van der Waals surface area (Å²) >= 11 is 1.70. The van der Waals surface area contributed by atoms with E-state index in [0.717, 1.165) is 17.2 Å². The van der Waals surface area contributed by atoms with E-state index < -0.39 is 0 Å². The number of thioether (sulfide) groups is 1. The second kappa shape index (κ2) is 5.49. The van der Waals surface area contributed by atoms with E-state index >= 15 is 0 Å². The minimum absolute atomic E-state index is 0.234. The zero-order valence-corrected chi connectivity index (χ0v) is 8.68. The van der Waals surface area contributed by atoms with Crippen molar-refractivity contribution < 1.29 is 0 Å². The van der Waals surface area contributed by atoms with Gasteiger partial charge in [-0.1, -0.05) is 6.07 Å². The predicted molar refractivity (Wildman–Crippen MR) is 61.3 cm³/mol. The van der Waals surface area contributed by atoms with Crippen molar-refractivity contribution in [1.82, 2.24) is 4.98 Å². The van der Waals surface area contributed by atoms with E-state index in [1.165, 1.54) is 0 Å². The standard InChI is InChI=1S/C9H14N4S/c10-8(11)4-5-14-6-7-2-1-3-9(12)13-7/h1-3H,4-6H2,(H3,10,11)(H2,12,13). The van der Waals surface area contributed by atoms with Crippen LogP contribution in [-0.4, -0.2) is 16.6 Å². The number of hydrogen-bond donors (Lipinski definition) is 3. The zero-order chi connectivity index (χ0) is 10.4. The van der Waals surface area contributed by atoms with Gasteiger partial charge in [0.25, 0.3) is 0 Å². The normalized spacial score (nSPS) is 10.0. The minimum Gasteiger partial charge on any atom is -0.388 e. The number of nitrogen functional groups attached to an aromatic ring is 1. The van der Waals surface area contributed by atoms with E-state index in [2.05, 4.69) is 4.98 Å². The molecule has 0 fully saturated rings. The van der Waals surface area contributed by atoms with Gasteiger partial charge in [0, 0.05) is 17.9 Å². The molecule has 0 radical (unpaired) electrons. The quantitative estimate of drug-likeness (QED) is 0.387. The monoisotopic (exact) mass is 210 g/mol. The van der Waals surface area contributed by atoms with E-state index in [1.807, 2.05) is 12.1 Å². The van der Waals surface area contributed by atoms with Crippen molar-refractivity contribution in [3.8, 4) is 0 Å². The topological polar surface area (TPSA) is 88.8 Å². The van der Waals surface area contributed by atoms with Crippen LogP contribution in [0.5, 0.6) is 0 Å². The number of amidine groups is 1. The molecule has 1 rings (SSSR count). The maximum Gasteiger partial charge on any atom is 0.123 e. The fourth-order valence-electron chi connectivity index (χ4n) is 0.937. The molecule has 0 atom stereocenters. The van der Waals surface area contributed by atoms with E-state index in [4.69, 9.17) is 16.9 Å². The molecule has 0 saturated heterocycles. The van der Waals surface area contributed by atoms with Crippen molar-refractivity contribution in [2.75, 3.05) is 11.5 Å². The van der Waals surface area contributed by atoms with Gasteiger partial charge in [-0.15, -0.1) is 0 Å². The van der Waals surface area contributed by atoms with Crippen molar-refractivity contribution >= 4 is 23.4 Å². The Hall–Kier alpha value is -1.23. The molecule has 0 aliphatic carbocycles. The summed E-state index contributed by atoms with van der Waals surface area (Å²) in [6.07, 6.45) is 0.632. The van der Waals surface area contributed by atoms with Crippen LogP contribution in [0.4, 0.5) is 5.82 Å². The number of pyridine rings is 1. The molecular formula is C9H14N4S. The van der Waals surface area contributed by atoms with Gasteiger partial charge in [-0.2, -0.15) is 11.8 Å². The lowest BCUT2D eigenvalue weighted by atomic mass is 10.4. The van der Waals surface area contributed by atoms with Crippen LogP contribution in [0.2, 0.25) is 0 Å². The molecule has 0 bridgehead atoms. The summed E-state index contributed by atoms with van der Waals surface area (Å²) in [4.78, 5) is 4.16. The predicted octanol–water partition coefficient (Wildman–Crippen LogP) is 1.22.